The lowest BCUT2D eigenvalue weighted by Crippen LogP contribution is -1.97. The van der Waals surface area contributed by atoms with E-state index in [1.807, 2.05) is 0 Å². The summed E-state index contributed by atoms with van der Waals surface area (Å²) in [5, 5.41) is 20.4. The van der Waals surface area contributed by atoms with E-state index in [2.05, 4.69) is 13.8 Å². The maximum absolute atomic E-state index is 11.0. The van der Waals surface area contributed by atoms with Gasteiger partial charge in [-0.2, -0.15) is 0 Å². The molecule has 5 heteroatoms. The van der Waals surface area contributed by atoms with Gasteiger partial charge in [-0.05, 0) is 36.6 Å². The first-order chi connectivity index (χ1) is 8.41. The molecule has 0 bridgehead atoms. The van der Waals surface area contributed by atoms with E-state index in [1.54, 1.807) is 19.1 Å². The number of benzene rings is 1. The summed E-state index contributed by atoms with van der Waals surface area (Å²) in [7, 11) is 0. The number of aliphatic hydroxyl groups is 1. The quantitative estimate of drug-likeness (QED) is 0.485. The molecule has 1 aromatic carbocycles. The summed E-state index contributed by atoms with van der Waals surface area (Å²) in [5.41, 5.74) is 0.664. The molecular weight excluding hydrogens is 250 g/mol. The summed E-state index contributed by atoms with van der Waals surface area (Å²) >= 11 is 1.50. The molecule has 1 atom stereocenters. The SMILES string of the molecule is CC(C)CCSc1ccc([C@H](C)O)cc1[N+](=O)[O-]. The van der Waals surface area contributed by atoms with Gasteiger partial charge < -0.3 is 5.11 Å². The van der Waals surface area contributed by atoms with Gasteiger partial charge in [0.2, 0.25) is 0 Å². The van der Waals surface area contributed by atoms with Gasteiger partial charge in [-0.1, -0.05) is 19.9 Å². The minimum atomic E-state index is -0.682. The van der Waals surface area contributed by atoms with Crippen LogP contribution in [0.5, 0.6) is 0 Å². The van der Waals surface area contributed by atoms with E-state index in [1.165, 1.54) is 17.8 Å². The maximum atomic E-state index is 11.0. The van der Waals surface area contributed by atoms with Crippen molar-refractivity contribution in [1.29, 1.82) is 0 Å². The lowest BCUT2D eigenvalue weighted by atomic mass is 10.1. The summed E-state index contributed by atoms with van der Waals surface area (Å²) in [4.78, 5) is 11.3. The standard InChI is InChI=1S/C13H19NO3S/c1-9(2)6-7-18-13-5-4-11(10(3)15)8-12(13)14(16)17/h4-5,8-10,15H,6-7H2,1-3H3/t10-/m0/s1. The summed E-state index contributed by atoms with van der Waals surface area (Å²) in [6.07, 6.45) is 0.346. The van der Waals surface area contributed by atoms with Gasteiger partial charge in [0.1, 0.15) is 0 Å². The summed E-state index contributed by atoms with van der Waals surface area (Å²) in [5.74, 6) is 1.46. The second-order valence-electron chi connectivity index (χ2n) is 4.69. The van der Waals surface area contributed by atoms with E-state index in [0.29, 0.717) is 16.4 Å². The first kappa shape index (κ1) is 15.0. The van der Waals surface area contributed by atoms with Gasteiger partial charge in [-0.25, -0.2) is 0 Å². The number of hydrogen-bond donors (Lipinski definition) is 1. The minimum absolute atomic E-state index is 0.0853. The Hall–Kier alpha value is -1.07. The predicted octanol–water partition coefficient (Wildman–Crippen LogP) is 3.79. The molecule has 0 aromatic heterocycles. The fourth-order valence-corrected chi connectivity index (χ4v) is 2.72. The first-order valence-electron chi connectivity index (χ1n) is 6.01. The Morgan fingerprint density at radius 3 is 2.56 bits per heavy atom. The Labute approximate surface area is 112 Å². The molecule has 0 saturated heterocycles. The molecule has 0 aliphatic heterocycles. The monoisotopic (exact) mass is 269 g/mol. The Kier molecular flexibility index (Phi) is 5.62. The molecule has 0 aliphatic carbocycles. The average Bonchev–Trinajstić information content (AvgIpc) is 2.28. The fraction of sp³-hybridized carbons (Fsp3) is 0.538. The largest absolute Gasteiger partial charge is 0.389 e. The van der Waals surface area contributed by atoms with E-state index in [9.17, 15) is 15.2 Å². The molecule has 0 aliphatic rings. The number of nitro benzene ring substituents is 1. The van der Waals surface area contributed by atoms with Crippen LogP contribution in [0.1, 0.15) is 38.9 Å². The Morgan fingerprint density at radius 2 is 2.06 bits per heavy atom. The summed E-state index contributed by atoms with van der Waals surface area (Å²) < 4.78 is 0. The lowest BCUT2D eigenvalue weighted by Gasteiger charge is -2.08. The molecular formula is C13H19NO3S. The minimum Gasteiger partial charge on any atom is -0.389 e. The molecule has 1 rings (SSSR count). The highest BCUT2D eigenvalue weighted by molar-refractivity contribution is 7.99. The van der Waals surface area contributed by atoms with Crippen molar-refractivity contribution in [2.24, 2.45) is 5.92 Å². The lowest BCUT2D eigenvalue weighted by molar-refractivity contribution is -0.387. The maximum Gasteiger partial charge on any atom is 0.283 e. The Morgan fingerprint density at radius 1 is 1.39 bits per heavy atom. The second-order valence-corrected chi connectivity index (χ2v) is 5.83. The zero-order chi connectivity index (χ0) is 13.7. The van der Waals surface area contributed by atoms with Crippen molar-refractivity contribution in [3.63, 3.8) is 0 Å². The van der Waals surface area contributed by atoms with Gasteiger partial charge in [0.15, 0.2) is 0 Å². The molecule has 0 heterocycles. The number of thioether (sulfide) groups is 1. The van der Waals surface area contributed by atoms with Crippen LogP contribution < -0.4 is 0 Å². The second kappa shape index (κ2) is 6.75. The van der Waals surface area contributed by atoms with Crippen molar-refractivity contribution in [1.82, 2.24) is 0 Å². The van der Waals surface area contributed by atoms with E-state index < -0.39 is 6.10 Å². The fourth-order valence-electron chi connectivity index (χ4n) is 1.46. The van der Waals surface area contributed by atoms with Crippen LogP contribution >= 0.6 is 11.8 Å². The van der Waals surface area contributed by atoms with Crippen molar-refractivity contribution in [2.75, 3.05) is 5.75 Å². The smallest absolute Gasteiger partial charge is 0.283 e. The van der Waals surface area contributed by atoms with Crippen molar-refractivity contribution in [2.45, 2.75) is 38.2 Å². The number of aliphatic hydroxyl groups excluding tert-OH is 1. The third-order valence-electron chi connectivity index (χ3n) is 2.61. The van der Waals surface area contributed by atoms with E-state index in [0.717, 1.165) is 12.2 Å². The highest BCUT2D eigenvalue weighted by atomic mass is 32.2. The van der Waals surface area contributed by atoms with Crippen molar-refractivity contribution in [3.8, 4) is 0 Å². The Balaban J connectivity index is 2.87. The first-order valence-corrected chi connectivity index (χ1v) is 6.99. The molecule has 0 unspecified atom stereocenters. The molecule has 0 saturated carbocycles. The van der Waals surface area contributed by atoms with Gasteiger partial charge in [-0.15, -0.1) is 11.8 Å². The van der Waals surface area contributed by atoms with Gasteiger partial charge in [-0.3, -0.25) is 10.1 Å². The Bertz CT molecular complexity index is 419. The number of rotatable bonds is 6. The van der Waals surface area contributed by atoms with Crippen LogP contribution in [0.15, 0.2) is 23.1 Å². The molecule has 0 amide bonds. The van der Waals surface area contributed by atoms with Gasteiger partial charge in [0.25, 0.3) is 5.69 Å². The third kappa shape index (κ3) is 4.31. The molecule has 0 radical (unpaired) electrons. The zero-order valence-electron chi connectivity index (χ0n) is 10.9. The molecule has 1 N–H and O–H groups in total. The van der Waals surface area contributed by atoms with E-state index in [4.69, 9.17) is 0 Å². The van der Waals surface area contributed by atoms with Gasteiger partial charge in [0.05, 0.1) is 15.9 Å². The number of hydrogen-bond acceptors (Lipinski definition) is 4. The van der Waals surface area contributed by atoms with Crippen LogP contribution in [0.25, 0.3) is 0 Å². The van der Waals surface area contributed by atoms with Crippen LogP contribution in [0.3, 0.4) is 0 Å². The van der Waals surface area contributed by atoms with E-state index in [-0.39, 0.29) is 10.6 Å². The average molecular weight is 269 g/mol. The van der Waals surface area contributed by atoms with Crippen molar-refractivity contribution in [3.05, 3.63) is 33.9 Å². The third-order valence-corrected chi connectivity index (χ3v) is 3.71. The predicted molar refractivity (Wildman–Crippen MR) is 73.9 cm³/mol. The van der Waals surface area contributed by atoms with Crippen LogP contribution in [-0.2, 0) is 0 Å². The van der Waals surface area contributed by atoms with Crippen LogP contribution in [-0.4, -0.2) is 15.8 Å². The number of nitrogens with zero attached hydrogens (tertiary/aromatic N) is 1. The molecule has 0 spiro atoms. The summed E-state index contributed by atoms with van der Waals surface area (Å²) in [6.45, 7) is 5.86. The molecule has 1 aromatic rings. The summed E-state index contributed by atoms with van der Waals surface area (Å²) in [6, 6.07) is 4.93. The molecule has 0 fully saturated rings. The highest BCUT2D eigenvalue weighted by Gasteiger charge is 2.16. The van der Waals surface area contributed by atoms with E-state index >= 15 is 0 Å². The van der Waals surface area contributed by atoms with Crippen LogP contribution in [0.4, 0.5) is 5.69 Å². The highest BCUT2D eigenvalue weighted by Crippen LogP contribution is 2.32. The van der Waals surface area contributed by atoms with Gasteiger partial charge >= 0.3 is 0 Å². The molecule has 100 valence electrons. The van der Waals surface area contributed by atoms with Crippen molar-refractivity contribution >= 4 is 17.4 Å². The normalized spacial score (nSPS) is 12.7. The van der Waals surface area contributed by atoms with Crippen LogP contribution in [0.2, 0.25) is 0 Å². The topological polar surface area (TPSA) is 63.4 Å². The zero-order valence-corrected chi connectivity index (χ0v) is 11.7. The van der Waals surface area contributed by atoms with Crippen molar-refractivity contribution < 1.29 is 10.0 Å². The van der Waals surface area contributed by atoms with Gasteiger partial charge in [0, 0.05) is 6.07 Å². The van der Waals surface area contributed by atoms with Crippen LogP contribution in [0, 0.1) is 16.0 Å². The molecule has 18 heavy (non-hydrogen) atoms. The number of nitro groups is 1. The molecule has 4 nitrogen and oxygen atoms in total.